The first-order valence-corrected chi connectivity index (χ1v) is 16.9. The highest BCUT2D eigenvalue weighted by Gasteiger charge is 2.34. The number of Topliss-reactive ketones (excluding diaryl/α,β-unsaturated/α-hetero) is 1. The van der Waals surface area contributed by atoms with Gasteiger partial charge in [-0.25, -0.2) is 22.8 Å². The van der Waals surface area contributed by atoms with Crippen molar-refractivity contribution in [3.8, 4) is 17.2 Å². The summed E-state index contributed by atoms with van der Waals surface area (Å²) in [5.74, 6) is -5.41. The molecular weight excluding hydrogens is 723 g/mol. The second-order valence-electron chi connectivity index (χ2n) is 12.7. The number of halogens is 4. The number of ketones is 1. The standard InChI is InChI=1S/C37H41ClF3N3O9/c1-7-51-35(47)25(17-43-28-15-29(26(39)12-21(28)19-45)42-16-20-8-9-22(49-5)13-30(20)50-6)33(46)24-14-27(40)34(31(38)32(24)41)52-23-10-11-44(18-23)36(48)53-37(2,3)4/h8-9,12-15,17,23,42-43,45H,7,10-11,16,18-19H2,1-6H3. The molecule has 16 heteroatoms. The zero-order valence-corrected chi connectivity index (χ0v) is 30.8. The van der Waals surface area contributed by atoms with E-state index < -0.39 is 75.5 Å². The third-order valence-electron chi connectivity index (χ3n) is 7.88. The van der Waals surface area contributed by atoms with Gasteiger partial charge in [0.25, 0.3) is 0 Å². The SMILES string of the molecule is CCOC(=O)C(=CNc1cc(NCc2ccc(OC)cc2OC)c(F)cc1CO)C(=O)c1cc(F)c(OC2CCN(C(=O)OC(C)(C)C)C2)c(Cl)c1F. The molecule has 286 valence electrons. The smallest absolute Gasteiger partial charge is 0.410 e. The summed E-state index contributed by atoms with van der Waals surface area (Å²) in [4.78, 5) is 40.4. The monoisotopic (exact) mass is 763 g/mol. The second-order valence-corrected chi connectivity index (χ2v) is 13.1. The first kappa shape index (κ1) is 40.6. The van der Waals surface area contributed by atoms with Gasteiger partial charge in [-0.3, -0.25) is 4.79 Å². The molecular formula is C37H41ClF3N3O9. The first-order chi connectivity index (χ1) is 25.1. The van der Waals surface area contributed by atoms with E-state index in [9.17, 15) is 19.5 Å². The van der Waals surface area contributed by atoms with Gasteiger partial charge in [-0.2, -0.15) is 0 Å². The number of ether oxygens (including phenoxy) is 5. The molecule has 3 aromatic rings. The summed E-state index contributed by atoms with van der Waals surface area (Å²) in [6, 6.07) is 7.96. The van der Waals surface area contributed by atoms with Crippen molar-refractivity contribution in [3.63, 3.8) is 0 Å². The van der Waals surface area contributed by atoms with Crippen LogP contribution in [0, 0.1) is 17.5 Å². The number of likely N-dealkylation sites (tertiary alicyclic amines) is 1. The Morgan fingerprint density at radius 2 is 1.75 bits per heavy atom. The van der Waals surface area contributed by atoms with Gasteiger partial charge in [0.1, 0.15) is 39.6 Å². The summed E-state index contributed by atoms with van der Waals surface area (Å²) in [6.45, 7) is 6.15. The number of carbonyl (C=O) groups is 3. The number of anilines is 2. The fourth-order valence-corrected chi connectivity index (χ4v) is 5.50. The fourth-order valence-electron chi connectivity index (χ4n) is 5.26. The molecule has 1 saturated heterocycles. The molecule has 0 bridgehead atoms. The molecule has 1 atom stereocenters. The highest BCUT2D eigenvalue weighted by Crippen LogP contribution is 2.36. The van der Waals surface area contributed by atoms with Crippen molar-refractivity contribution in [1.29, 1.82) is 0 Å². The molecule has 1 aliphatic heterocycles. The van der Waals surface area contributed by atoms with Crippen LogP contribution in [-0.4, -0.2) is 73.5 Å². The minimum atomic E-state index is -1.37. The van der Waals surface area contributed by atoms with E-state index >= 15 is 13.2 Å². The molecule has 0 spiro atoms. The lowest BCUT2D eigenvalue weighted by atomic mass is 10.0. The minimum Gasteiger partial charge on any atom is -0.497 e. The Morgan fingerprint density at radius 1 is 1.02 bits per heavy atom. The lowest BCUT2D eigenvalue weighted by Crippen LogP contribution is -2.36. The van der Waals surface area contributed by atoms with Gasteiger partial charge in [-0.15, -0.1) is 0 Å². The van der Waals surface area contributed by atoms with Gasteiger partial charge in [0.2, 0.25) is 5.78 Å². The van der Waals surface area contributed by atoms with Crippen molar-refractivity contribution in [2.75, 3.05) is 44.5 Å². The van der Waals surface area contributed by atoms with Crippen LogP contribution in [0.4, 0.5) is 29.3 Å². The van der Waals surface area contributed by atoms with Crippen LogP contribution in [0.3, 0.4) is 0 Å². The Hall–Kier alpha value is -5.15. The van der Waals surface area contributed by atoms with Gasteiger partial charge in [0.15, 0.2) is 17.4 Å². The van der Waals surface area contributed by atoms with Crippen molar-refractivity contribution < 1.29 is 56.3 Å². The Balaban J connectivity index is 1.59. The molecule has 0 aromatic heterocycles. The van der Waals surface area contributed by atoms with Crippen LogP contribution in [0.25, 0.3) is 0 Å². The quantitative estimate of drug-likeness (QED) is 0.0390. The number of hydrogen-bond donors (Lipinski definition) is 3. The fraction of sp³-hybridized carbons (Fsp3) is 0.378. The Morgan fingerprint density at radius 3 is 2.40 bits per heavy atom. The lowest BCUT2D eigenvalue weighted by Gasteiger charge is -2.24. The molecule has 0 saturated carbocycles. The maximum atomic E-state index is 15.7. The summed E-state index contributed by atoms with van der Waals surface area (Å²) >= 11 is 6.18. The van der Waals surface area contributed by atoms with Gasteiger partial charge < -0.3 is 44.3 Å². The molecule has 1 unspecified atom stereocenters. The molecule has 1 aliphatic rings. The molecule has 0 radical (unpaired) electrons. The average Bonchev–Trinajstić information content (AvgIpc) is 3.59. The van der Waals surface area contributed by atoms with E-state index in [1.54, 1.807) is 39.0 Å². The zero-order valence-electron chi connectivity index (χ0n) is 30.0. The summed E-state index contributed by atoms with van der Waals surface area (Å²) in [5, 5.41) is 14.7. The number of esters is 1. The van der Waals surface area contributed by atoms with E-state index in [0.717, 1.165) is 12.3 Å². The van der Waals surface area contributed by atoms with Crippen LogP contribution in [-0.2, 0) is 27.4 Å². The van der Waals surface area contributed by atoms with Crippen molar-refractivity contribution in [3.05, 3.63) is 87.3 Å². The predicted octanol–water partition coefficient (Wildman–Crippen LogP) is 7.01. The van der Waals surface area contributed by atoms with Crippen LogP contribution in [0.2, 0.25) is 5.02 Å². The highest BCUT2D eigenvalue weighted by atomic mass is 35.5. The summed E-state index contributed by atoms with van der Waals surface area (Å²) in [5.41, 5.74) is -1.65. The van der Waals surface area contributed by atoms with E-state index in [4.69, 9.17) is 35.3 Å². The zero-order chi connectivity index (χ0) is 39.0. The Kier molecular flexibility index (Phi) is 13.5. The van der Waals surface area contributed by atoms with Gasteiger partial charge in [0, 0.05) is 48.6 Å². The van der Waals surface area contributed by atoms with Crippen LogP contribution < -0.4 is 24.8 Å². The van der Waals surface area contributed by atoms with Gasteiger partial charge in [-0.1, -0.05) is 11.6 Å². The summed E-state index contributed by atoms with van der Waals surface area (Å²) in [6.07, 6.45) is -0.209. The maximum Gasteiger partial charge on any atom is 0.410 e. The molecule has 1 heterocycles. The Bertz CT molecular complexity index is 1880. The molecule has 0 aliphatic carbocycles. The van der Waals surface area contributed by atoms with Crippen LogP contribution in [0.1, 0.15) is 55.6 Å². The van der Waals surface area contributed by atoms with E-state index in [1.165, 1.54) is 32.1 Å². The number of nitrogens with one attached hydrogen (secondary N) is 2. The van der Waals surface area contributed by atoms with E-state index in [0.29, 0.717) is 23.1 Å². The van der Waals surface area contributed by atoms with E-state index in [-0.39, 0.29) is 49.6 Å². The van der Waals surface area contributed by atoms with Gasteiger partial charge in [-0.05, 0) is 58.0 Å². The van der Waals surface area contributed by atoms with E-state index in [2.05, 4.69) is 10.6 Å². The molecule has 3 N–H and O–H groups in total. The van der Waals surface area contributed by atoms with Crippen molar-refractivity contribution >= 4 is 40.8 Å². The predicted molar refractivity (Wildman–Crippen MR) is 190 cm³/mol. The largest absolute Gasteiger partial charge is 0.497 e. The summed E-state index contributed by atoms with van der Waals surface area (Å²) < 4.78 is 72.8. The summed E-state index contributed by atoms with van der Waals surface area (Å²) in [7, 11) is 2.98. The molecule has 12 nitrogen and oxygen atoms in total. The van der Waals surface area contributed by atoms with Gasteiger partial charge in [0.05, 0.1) is 45.2 Å². The number of rotatable bonds is 14. The van der Waals surface area contributed by atoms with Crippen molar-refractivity contribution in [2.45, 2.75) is 59.0 Å². The molecule has 3 aromatic carbocycles. The third-order valence-corrected chi connectivity index (χ3v) is 8.22. The number of hydrogen-bond acceptors (Lipinski definition) is 11. The number of aliphatic hydroxyl groups excluding tert-OH is 1. The second kappa shape index (κ2) is 17.6. The molecule has 1 fully saturated rings. The number of aliphatic hydroxyl groups is 1. The minimum absolute atomic E-state index is 0.0144. The number of amides is 1. The normalized spacial score (nSPS) is 14.4. The third kappa shape index (κ3) is 10.0. The molecule has 53 heavy (non-hydrogen) atoms. The lowest BCUT2D eigenvalue weighted by molar-refractivity contribution is -0.138. The average molecular weight is 764 g/mol. The molecule has 4 rings (SSSR count). The van der Waals surface area contributed by atoms with Crippen LogP contribution >= 0.6 is 11.6 Å². The first-order valence-electron chi connectivity index (χ1n) is 16.5. The molecule has 1 amide bonds. The van der Waals surface area contributed by atoms with Crippen molar-refractivity contribution in [1.82, 2.24) is 4.90 Å². The topological polar surface area (TPSA) is 145 Å². The van der Waals surface area contributed by atoms with Crippen LogP contribution in [0.5, 0.6) is 17.2 Å². The van der Waals surface area contributed by atoms with E-state index in [1.807, 2.05) is 0 Å². The number of benzene rings is 3. The number of methoxy groups -OCH3 is 2. The maximum absolute atomic E-state index is 15.7. The Labute approximate surface area is 309 Å². The number of nitrogens with zero attached hydrogens (tertiary/aromatic N) is 1. The van der Waals surface area contributed by atoms with Crippen LogP contribution in [0.15, 0.2) is 48.2 Å². The highest BCUT2D eigenvalue weighted by molar-refractivity contribution is 6.33. The van der Waals surface area contributed by atoms with Crippen molar-refractivity contribution in [2.24, 2.45) is 0 Å². The number of carbonyl (C=O) groups excluding carboxylic acids is 3. The van der Waals surface area contributed by atoms with Gasteiger partial charge >= 0.3 is 12.1 Å².